The number of halogens is 1. The molecule has 7 nitrogen and oxygen atoms in total. The summed E-state index contributed by atoms with van der Waals surface area (Å²) < 4.78 is 7.32. The Balaban J connectivity index is 1.65. The van der Waals surface area contributed by atoms with E-state index in [4.69, 9.17) is 22.1 Å². The van der Waals surface area contributed by atoms with Crippen LogP contribution in [0.4, 0.5) is 11.5 Å². The summed E-state index contributed by atoms with van der Waals surface area (Å²) in [5, 5.41) is 7.15. The molecule has 0 aromatic carbocycles. The molecule has 1 aliphatic rings. The Morgan fingerprint density at radius 3 is 3.14 bits per heavy atom. The van der Waals surface area contributed by atoms with Crippen molar-refractivity contribution in [3.05, 3.63) is 35.2 Å². The molecule has 1 amide bonds. The van der Waals surface area contributed by atoms with Crippen LogP contribution in [0, 0.1) is 0 Å². The molecule has 0 radical (unpaired) electrons. The molecule has 3 heterocycles. The van der Waals surface area contributed by atoms with Crippen molar-refractivity contribution in [2.24, 2.45) is 0 Å². The molecular formula is C14H16ClN5O2. The van der Waals surface area contributed by atoms with Gasteiger partial charge in [-0.25, -0.2) is 4.98 Å². The van der Waals surface area contributed by atoms with E-state index >= 15 is 0 Å². The lowest BCUT2D eigenvalue weighted by Crippen LogP contribution is -2.15. The lowest BCUT2D eigenvalue weighted by atomic mass is 10.2. The number of nitrogen functional groups attached to an aromatic ring is 1. The van der Waals surface area contributed by atoms with Crippen LogP contribution in [0.1, 0.15) is 23.2 Å². The molecule has 3 N–H and O–H groups in total. The normalized spacial score (nSPS) is 17.6. The topological polar surface area (TPSA) is 95.1 Å². The highest BCUT2D eigenvalue weighted by atomic mass is 35.5. The molecule has 1 atom stereocenters. The maximum Gasteiger partial charge on any atom is 0.255 e. The number of nitrogens with zero attached hydrogens (tertiary/aromatic N) is 3. The summed E-state index contributed by atoms with van der Waals surface area (Å²) in [6.45, 7) is 1.49. The van der Waals surface area contributed by atoms with Crippen LogP contribution in [0.25, 0.3) is 0 Å². The van der Waals surface area contributed by atoms with Gasteiger partial charge in [-0.05, 0) is 25.0 Å². The van der Waals surface area contributed by atoms with E-state index in [2.05, 4.69) is 15.4 Å². The summed E-state index contributed by atoms with van der Waals surface area (Å²) in [6.07, 6.45) is 5.68. The molecule has 0 bridgehead atoms. The van der Waals surface area contributed by atoms with Gasteiger partial charge in [-0.15, -0.1) is 0 Å². The average molecular weight is 322 g/mol. The van der Waals surface area contributed by atoms with Gasteiger partial charge in [-0.2, -0.15) is 5.10 Å². The van der Waals surface area contributed by atoms with E-state index in [1.165, 1.54) is 12.1 Å². The molecule has 116 valence electrons. The van der Waals surface area contributed by atoms with E-state index in [1.807, 2.05) is 0 Å². The fraction of sp³-hybridized carbons (Fsp3) is 0.357. The van der Waals surface area contributed by atoms with E-state index < -0.39 is 0 Å². The van der Waals surface area contributed by atoms with E-state index in [0.717, 1.165) is 19.4 Å². The fourth-order valence-electron chi connectivity index (χ4n) is 2.38. The summed E-state index contributed by atoms with van der Waals surface area (Å²) in [6, 6.07) is 2.93. The first-order valence-electron chi connectivity index (χ1n) is 6.98. The van der Waals surface area contributed by atoms with E-state index in [0.29, 0.717) is 17.8 Å². The molecule has 1 aliphatic heterocycles. The van der Waals surface area contributed by atoms with Gasteiger partial charge in [0.1, 0.15) is 11.0 Å². The first-order chi connectivity index (χ1) is 10.6. The number of anilines is 2. The third-order valence-electron chi connectivity index (χ3n) is 3.38. The van der Waals surface area contributed by atoms with E-state index in [9.17, 15) is 4.79 Å². The number of hydrogen-bond acceptors (Lipinski definition) is 5. The maximum atomic E-state index is 12.2. The number of amides is 1. The SMILES string of the molecule is Nc1cc(C(=O)Nc2cnn(CC3CCCO3)c2)cc(Cl)n1. The predicted octanol–water partition coefficient (Wildman–Crippen LogP) is 1.94. The zero-order valence-corrected chi connectivity index (χ0v) is 12.6. The van der Waals surface area contributed by atoms with Crippen LogP contribution >= 0.6 is 11.6 Å². The van der Waals surface area contributed by atoms with Crippen molar-refractivity contribution in [2.45, 2.75) is 25.5 Å². The van der Waals surface area contributed by atoms with E-state index in [1.54, 1.807) is 17.1 Å². The molecule has 1 unspecified atom stereocenters. The molecule has 0 spiro atoms. The summed E-state index contributed by atoms with van der Waals surface area (Å²) in [4.78, 5) is 16.0. The number of carbonyl (C=O) groups excluding carboxylic acids is 1. The van der Waals surface area contributed by atoms with Gasteiger partial charge in [0.15, 0.2) is 0 Å². The molecule has 3 rings (SSSR count). The van der Waals surface area contributed by atoms with Crippen LogP contribution in [-0.4, -0.2) is 33.4 Å². The summed E-state index contributed by atoms with van der Waals surface area (Å²) in [5.74, 6) is -0.112. The Bertz CT molecular complexity index is 661. The summed E-state index contributed by atoms with van der Waals surface area (Å²) in [5.41, 5.74) is 6.54. The van der Waals surface area contributed by atoms with Gasteiger partial charge in [0.25, 0.3) is 5.91 Å². The molecule has 0 aliphatic carbocycles. The number of ether oxygens (including phenoxy) is 1. The van der Waals surface area contributed by atoms with Gasteiger partial charge in [0.2, 0.25) is 0 Å². The van der Waals surface area contributed by atoms with Crippen LogP contribution in [0.2, 0.25) is 5.15 Å². The molecule has 1 fully saturated rings. The summed E-state index contributed by atoms with van der Waals surface area (Å²) >= 11 is 5.79. The molecule has 8 heteroatoms. The molecule has 0 saturated carbocycles. The Kier molecular flexibility index (Phi) is 4.26. The lowest BCUT2D eigenvalue weighted by Gasteiger charge is -2.08. The fourth-order valence-corrected chi connectivity index (χ4v) is 2.59. The van der Waals surface area contributed by atoms with Crippen molar-refractivity contribution in [3.8, 4) is 0 Å². The van der Waals surface area contributed by atoms with Gasteiger partial charge in [-0.1, -0.05) is 11.6 Å². The first kappa shape index (κ1) is 14.8. The third kappa shape index (κ3) is 3.55. The van der Waals surface area contributed by atoms with Crippen LogP contribution in [0.3, 0.4) is 0 Å². The minimum Gasteiger partial charge on any atom is -0.384 e. The lowest BCUT2D eigenvalue weighted by molar-refractivity contribution is 0.0940. The van der Waals surface area contributed by atoms with Crippen molar-refractivity contribution in [1.82, 2.24) is 14.8 Å². The molecule has 1 saturated heterocycles. The largest absolute Gasteiger partial charge is 0.384 e. The Hall–Kier alpha value is -2.12. The highest BCUT2D eigenvalue weighted by Gasteiger charge is 2.17. The van der Waals surface area contributed by atoms with Crippen molar-refractivity contribution in [3.63, 3.8) is 0 Å². The second-order valence-electron chi connectivity index (χ2n) is 5.14. The molecular weight excluding hydrogens is 306 g/mol. The van der Waals surface area contributed by atoms with Crippen LogP contribution in [0.15, 0.2) is 24.5 Å². The second kappa shape index (κ2) is 6.33. The Morgan fingerprint density at radius 1 is 1.55 bits per heavy atom. The number of hydrogen-bond donors (Lipinski definition) is 2. The summed E-state index contributed by atoms with van der Waals surface area (Å²) in [7, 11) is 0. The minimum absolute atomic E-state index is 0.180. The Morgan fingerprint density at radius 2 is 2.41 bits per heavy atom. The highest BCUT2D eigenvalue weighted by Crippen LogP contribution is 2.16. The van der Waals surface area contributed by atoms with Gasteiger partial charge in [0.05, 0.1) is 24.5 Å². The van der Waals surface area contributed by atoms with Crippen LogP contribution in [0.5, 0.6) is 0 Å². The van der Waals surface area contributed by atoms with Gasteiger partial charge < -0.3 is 15.8 Å². The quantitative estimate of drug-likeness (QED) is 0.839. The minimum atomic E-state index is -0.312. The predicted molar refractivity (Wildman–Crippen MR) is 82.8 cm³/mol. The second-order valence-corrected chi connectivity index (χ2v) is 5.53. The number of carbonyl (C=O) groups is 1. The van der Waals surface area contributed by atoms with Crippen molar-refractivity contribution in [2.75, 3.05) is 17.7 Å². The monoisotopic (exact) mass is 321 g/mol. The van der Waals surface area contributed by atoms with Crippen molar-refractivity contribution in [1.29, 1.82) is 0 Å². The van der Waals surface area contributed by atoms with Crippen molar-refractivity contribution >= 4 is 29.0 Å². The average Bonchev–Trinajstić information content (AvgIpc) is 3.10. The Labute approximate surface area is 132 Å². The number of rotatable bonds is 4. The smallest absolute Gasteiger partial charge is 0.255 e. The molecule has 2 aromatic rings. The zero-order valence-electron chi connectivity index (χ0n) is 11.8. The van der Waals surface area contributed by atoms with E-state index in [-0.39, 0.29) is 23.0 Å². The van der Waals surface area contributed by atoms with Gasteiger partial charge in [0, 0.05) is 18.4 Å². The van der Waals surface area contributed by atoms with Gasteiger partial charge >= 0.3 is 0 Å². The third-order valence-corrected chi connectivity index (χ3v) is 3.58. The molecule has 22 heavy (non-hydrogen) atoms. The maximum absolute atomic E-state index is 12.2. The number of aromatic nitrogens is 3. The van der Waals surface area contributed by atoms with Gasteiger partial charge in [-0.3, -0.25) is 9.48 Å². The van der Waals surface area contributed by atoms with Crippen LogP contribution < -0.4 is 11.1 Å². The highest BCUT2D eigenvalue weighted by molar-refractivity contribution is 6.30. The standard InChI is InChI=1S/C14H16ClN5O2/c15-12-4-9(5-13(16)19-12)14(21)18-10-6-17-20(7-10)8-11-2-1-3-22-11/h4-7,11H,1-3,8H2,(H2,16,19)(H,18,21). The molecule has 2 aromatic heterocycles. The number of nitrogens with one attached hydrogen (secondary N) is 1. The van der Waals surface area contributed by atoms with Crippen LogP contribution in [-0.2, 0) is 11.3 Å². The van der Waals surface area contributed by atoms with Crippen molar-refractivity contribution < 1.29 is 9.53 Å². The number of nitrogens with two attached hydrogens (primary N) is 1. The first-order valence-corrected chi connectivity index (χ1v) is 7.36. The zero-order chi connectivity index (χ0) is 15.5. The number of pyridine rings is 1.